The molecule has 6 heteroatoms. The van der Waals surface area contributed by atoms with Crippen LogP contribution in [0.3, 0.4) is 0 Å². The van der Waals surface area contributed by atoms with Gasteiger partial charge in [-0.25, -0.2) is 0 Å². The average Bonchev–Trinajstić information content (AvgIpc) is 3.35. The summed E-state index contributed by atoms with van der Waals surface area (Å²) in [5.74, 6) is -0.0884. The quantitative estimate of drug-likeness (QED) is 0.0321. The molecule has 3 N–H and O–H groups in total. The van der Waals surface area contributed by atoms with Crippen molar-refractivity contribution in [2.24, 2.45) is 0 Å². The predicted molar refractivity (Wildman–Crippen MR) is 301 cm³/mol. The SMILES string of the molecule is CCCCC/C=C\C/C=C\CCCCCCCC(=O)OCC/C=C\C/C=C\CCCCCCCCCCCCCCCCC(=O)NC(CO)C(O)CCCCCCCCCCCCCCCCCC. The van der Waals surface area contributed by atoms with E-state index in [4.69, 9.17) is 4.74 Å². The predicted octanol–water partition coefficient (Wildman–Crippen LogP) is 19.0. The van der Waals surface area contributed by atoms with Crippen LogP contribution in [0.4, 0.5) is 0 Å². The van der Waals surface area contributed by atoms with E-state index >= 15 is 0 Å². The van der Waals surface area contributed by atoms with Gasteiger partial charge in [-0.3, -0.25) is 9.59 Å². The number of amides is 1. The number of hydrogen-bond donors (Lipinski definition) is 3. The molecule has 0 fully saturated rings. The number of carbonyl (C=O) groups excluding carboxylic acids is 2. The van der Waals surface area contributed by atoms with E-state index < -0.39 is 12.1 Å². The van der Waals surface area contributed by atoms with Crippen molar-refractivity contribution in [1.82, 2.24) is 5.32 Å². The van der Waals surface area contributed by atoms with Gasteiger partial charge in [-0.1, -0.05) is 274 Å². The van der Waals surface area contributed by atoms with Crippen LogP contribution in [-0.2, 0) is 14.3 Å². The first kappa shape index (κ1) is 66.8. The maximum absolute atomic E-state index is 12.5. The van der Waals surface area contributed by atoms with Crippen LogP contribution in [-0.4, -0.2) is 47.4 Å². The molecule has 0 heterocycles. The summed E-state index contributed by atoms with van der Waals surface area (Å²) >= 11 is 0. The van der Waals surface area contributed by atoms with E-state index in [1.807, 2.05) is 0 Å². The monoisotopic (exact) mass is 968 g/mol. The maximum atomic E-state index is 12.5. The Bertz CT molecular complexity index is 1160. The zero-order chi connectivity index (χ0) is 50.0. The second kappa shape index (κ2) is 58.4. The molecule has 404 valence electrons. The van der Waals surface area contributed by atoms with Crippen LogP contribution >= 0.6 is 0 Å². The summed E-state index contributed by atoms with van der Waals surface area (Å²) in [5, 5.41) is 23.3. The molecule has 0 aromatic rings. The van der Waals surface area contributed by atoms with E-state index in [2.05, 4.69) is 67.8 Å². The summed E-state index contributed by atoms with van der Waals surface area (Å²) in [7, 11) is 0. The minimum Gasteiger partial charge on any atom is -0.465 e. The van der Waals surface area contributed by atoms with Gasteiger partial charge in [-0.15, -0.1) is 0 Å². The number of carbonyl (C=O) groups is 2. The second-order valence-electron chi connectivity index (χ2n) is 20.7. The van der Waals surface area contributed by atoms with Crippen LogP contribution in [0.5, 0.6) is 0 Å². The number of aliphatic hydroxyl groups excluding tert-OH is 2. The molecule has 0 aliphatic heterocycles. The number of rotatable bonds is 56. The number of aliphatic hydroxyl groups is 2. The molecule has 6 nitrogen and oxygen atoms in total. The molecule has 0 aromatic carbocycles. The third-order valence-corrected chi connectivity index (χ3v) is 13.9. The van der Waals surface area contributed by atoms with E-state index in [-0.39, 0.29) is 18.5 Å². The minimum absolute atomic E-state index is 0.0390. The van der Waals surface area contributed by atoms with Gasteiger partial charge in [-0.05, 0) is 77.0 Å². The molecule has 69 heavy (non-hydrogen) atoms. The van der Waals surface area contributed by atoms with Crippen molar-refractivity contribution in [2.45, 2.75) is 328 Å². The van der Waals surface area contributed by atoms with Gasteiger partial charge in [0.05, 0.1) is 25.4 Å². The molecule has 0 saturated carbocycles. The van der Waals surface area contributed by atoms with Gasteiger partial charge in [0.25, 0.3) is 0 Å². The number of allylic oxidation sites excluding steroid dienone is 7. The molecule has 0 radical (unpaired) electrons. The molecular weight excluding hydrogens is 851 g/mol. The second-order valence-corrected chi connectivity index (χ2v) is 20.7. The highest BCUT2D eigenvalue weighted by molar-refractivity contribution is 5.76. The van der Waals surface area contributed by atoms with Crippen molar-refractivity contribution in [3.8, 4) is 0 Å². The summed E-state index contributed by atoms with van der Waals surface area (Å²) in [6.07, 6.45) is 74.1. The van der Waals surface area contributed by atoms with E-state index in [1.54, 1.807) is 0 Å². The van der Waals surface area contributed by atoms with Crippen molar-refractivity contribution in [3.05, 3.63) is 48.6 Å². The standard InChI is InChI=1S/C63H117NO5/c1-3-5-7-9-11-13-15-17-19-28-31-35-39-43-47-51-55-61(66)60(59-65)64-62(67)56-52-48-44-40-36-32-29-25-23-21-20-22-24-26-30-34-38-42-46-50-54-58-69-63(68)57-53-49-45-41-37-33-27-18-16-14-12-10-8-6-4-2/h12,14,18,27,34,38,46,50,60-61,65-66H,3-11,13,15-17,19-26,28-33,35-37,39-45,47-49,51-59H2,1-2H3,(H,64,67)/b14-12-,27-18-,38-34-,50-46-. The first-order valence-corrected chi connectivity index (χ1v) is 30.4. The van der Waals surface area contributed by atoms with Crippen LogP contribution < -0.4 is 5.32 Å². The Hall–Kier alpha value is -2.18. The van der Waals surface area contributed by atoms with Gasteiger partial charge in [0, 0.05) is 12.8 Å². The van der Waals surface area contributed by atoms with Gasteiger partial charge in [0.1, 0.15) is 0 Å². The third kappa shape index (κ3) is 55.0. The Balaban J connectivity index is 3.47. The average molecular weight is 969 g/mol. The number of hydrogen-bond acceptors (Lipinski definition) is 5. The summed E-state index contributed by atoms with van der Waals surface area (Å²) in [5.41, 5.74) is 0. The largest absolute Gasteiger partial charge is 0.465 e. The lowest BCUT2D eigenvalue weighted by molar-refractivity contribution is -0.143. The fraction of sp³-hybridized carbons (Fsp3) is 0.841. The first-order valence-electron chi connectivity index (χ1n) is 30.4. The molecule has 0 spiro atoms. The van der Waals surface area contributed by atoms with Crippen molar-refractivity contribution in [2.75, 3.05) is 13.2 Å². The van der Waals surface area contributed by atoms with E-state index in [1.165, 1.54) is 218 Å². The van der Waals surface area contributed by atoms with Gasteiger partial charge in [0.2, 0.25) is 5.91 Å². The summed E-state index contributed by atoms with van der Waals surface area (Å²) < 4.78 is 5.41. The molecule has 0 rings (SSSR count). The molecule has 0 bridgehead atoms. The van der Waals surface area contributed by atoms with E-state index in [0.29, 0.717) is 25.9 Å². The van der Waals surface area contributed by atoms with Gasteiger partial charge < -0.3 is 20.3 Å². The van der Waals surface area contributed by atoms with Crippen molar-refractivity contribution in [3.63, 3.8) is 0 Å². The molecule has 0 saturated heterocycles. The van der Waals surface area contributed by atoms with Gasteiger partial charge in [0.15, 0.2) is 0 Å². The highest BCUT2D eigenvalue weighted by atomic mass is 16.5. The fourth-order valence-electron chi connectivity index (χ4n) is 9.21. The van der Waals surface area contributed by atoms with Crippen molar-refractivity contribution >= 4 is 11.9 Å². The molecule has 1 amide bonds. The number of esters is 1. The summed E-state index contributed by atoms with van der Waals surface area (Å²) in [6, 6.07) is -0.546. The summed E-state index contributed by atoms with van der Waals surface area (Å²) in [6.45, 7) is 4.82. The van der Waals surface area contributed by atoms with Gasteiger partial charge in [-0.2, -0.15) is 0 Å². The fourth-order valence-corrected chi connectivity index (χ4v) is 9.21. The molecule has 2 unspecified atom stereocenters. The Labute approximate surface area is 429 Å². The zero-order valence-electron chi connectivity index (χ0n) is 46.0. The number of ether oxygens (including phenoxy) is 1. The van der Waals surface area contributed by atoms with Crippen LogP contribution in [0.1, 0.15) is 316 Å². The van der Waals surface area contributed by atoms with E-state index in [0.717, 1.165) is 64.2 Å². The lowest BCUT2D eigenvalue weighted by Crippen LogP contribution is -2.45. The molecule has 0 aromatic heterocycles. The normalized spacial score (nSPS) is 12.9. The molecule has 0 aliphatic carbocycles. The highest BCUT2D eigenvalue weighted by Gasteiger charge is 2.20. The van der Waals surface area contributed by atoms with Gasteiger partial charge >= 0.3 is 5.97 Å². The third-order valence-electron chi connectivity index (χ3n) is 13.9. The van der Waals surface area contributed by atoms with Crippen molar-refractivity contribution in [1.29, 1.82) is 0 Å². The Morgan fingerprint density at radius 2 is 0.725 bits per heavy atom. The van der Waals surface area contributed by atoms with Crippen LogP contribution in [0.2, 0.25) is 0 Å². The molecule has 2 atom stereocenters. The first-order chi connectivity index (χ1) is 34.0. The lowest BCUT2D eigenvalue weighted by atomic mass is 10.0. The lowest BCUT2D eigenvalue weighted by Gasteiger charge is -2.22. The highest BCUT2D eigenvalue weighted by Crippen LogP contribution is 2.17. The van der Waals surface area contributed by atoms with Crippen LogP contribution in [0.15, 0.2) is 48.6 Å². The molecular formula is C63H117NO5. The molecule has 0 aliphatic rings. The zero-order valence-corrected chi connectivity index (χ0v) is 46.0. The Morgan fingerprint density at radius 3 is 1.13 bits per heavy atom. The Kier molecular flexibility index (Phi) is 56.5. The van der Waals surface area contributed by atoms with Crippen LogP contribution in [0.25, 0.3) is 0 Å². The van der Waals surface area contributed by atoms with Crippen LogP contribution in [0, 0.1) is 0 Å². The smallest absolute Gasteiger partial charge is 0.305 e. The van der Waals surface area contributed by atoms with Crippen molar-refractivity contribution < 1.29 is 24.5 Å². The number of unbranched alkanes of at least 4 members (excludes halogenated alkanes) is 37. The maximum Gasteiger partial charge on any atom is 0.305 e. The minimum atomic E-state index is -0.669. The topological polar surface area (TPSA) is 95.9 Å². The number of nitrogens with one attached hydrogen (secondary N) is 1. The summed E-state index contributed by atoms with van der Waals surface area (Å²) in [4.78, 5) is 24.5. The Morgan fingerprint density at radius 1 is 0.406 bits per heavy atom. The van der Waals surface area contributed by atoms with E-state index in [9.17, 15) is 19.8 Å².